The molecule has 126 valence electrons. The normalized spacial score (nSPS) is 23.7. The van der Waals surface area contributed by atoms with E-state index in [-0.39, 0.29) is 37.3 Å². The number of hydrogen-bond acceptors (Lipinski definition) is 4. The van der Waals surface area contributed by atoms with Crippen LogP contribution in [0.1, 0.15) is 44.9 Å². The summed E-state index contributed by atoms with van der Waals surface area (Å²) in [5, 5.41) is 12.1. The summed E-state index contributed by atoms with van der Waals surface area (Å²) in [4.78, 5) is 28.2. The molecule has 0 spiro atoms. The van der Waals surface area contributed by atoms with Crippen LogP contribution in [0.4, 0.5) is 0 Å². The number of aliphatic hydroxyl groups is 1. The number of rotatable bonds is 6. The molecule has 6 heteroatoms. The van der Waals surface area contributed by atoms with Crippen molar-refractivity contribution in [3.63, 3.8) is 0 Å². The third-order valence-electron chi connectivity index (χ3n) is 4.88. The molecule has 22 heavy (non-hydrogen) atoms. The van der Waals surface area contributed by atoms with Gasteiger partial charge in [0.25, 0.3) is 0 Å². The maximum absolute atomic E-state index is 12.3. The number of likely N-dealkylation sites (N-methyl/N-ethyl adjacent to an activating group) is 1. The molecule has 0 bridgehead atoms. The monoisotopic (exact) mass is 311 g/mol. The lowest BCUT2D eigenvalue weighted by Crippen LogP contribution is -2.53. The van der Waals surface area contributed by atoms with Crippen LogP contribution < -0.4 is 5.32 Å². The van der Waals surface area contributed by atoms with E-state index in [2.05, 4.69) is 10.2 Å². The maximum atomic E-state index is 12.3. The van der Waals surface area contributed by atoms with Crippen molar-refractivity contribution in [2.45, 2.75) is 57.0 Å². The second-order valence-corrected chi connectivity index (χ2v) is 6.54. The number of carbonyl (C=O) groups is 2. The summed E-state index contributed by atoms with van der Waals surface area (Å²) in [7, 11) is 2.02. The molecule has 1 aliphatic heterocycles. The predicted molar refractivity (Wildman–Crippen MR) is 84.3 cm³/mol. The second kappa shape index (κ2) is 8.48. The van der Waals surface area contributed by atoms with Gasteiger partial charge in [0.2, 0.25) is 11.8 Å². The molecule has 2 amide bonds. The lowest BCUT2D eigenvalue weighted by Gasteiger charge is -2.39. The maximum Gasteiger partial charge on any atom is 0.223 e. The van der Waals surface area contributed by atoms with E-state index < -0.39 is 0 Å². The van der Waals surface area contributed by atoms with Crippen molar-refractivity contribution >= 4 is 11.8 Å². The second-order valence-electron chi connectivity index (χ2n) is 6.54. The fourth-order valence-electron chi connectivity index (χ4n) is 3.38. The molecule has 0 unspecified atom stereocenters. The zero-order valence-electron chi connectivity index (χ0n) is 13.6. The molecule has 0 radical (unpaired) electrons. The van der Waals surface area contributed by atoms with E-state index in [1.165, 1.54) is 12.8 Å². The summed E-state index contributed by atoms with van der Waals surface area (Å²) < 4.78 is 0. The Balaban J connectivity index is 1.70. The van der Waals surface area contributed by atoms with Crippen LogP contribution in [0.2, 0.25) is 0 Å². The van der Waals surface area contributed by atoms with Gasteiger partial charge in [0.1, 0.15) is 0 Å². The van der Waals surface area contributed by atoms with Gasteiger partial charge in [-0.3, -0.25) is 14.5 Å². The molecule has 1 saturated carbocycles. The van der Waals surface area contributed by atoms with E-state index >= 15 is 0 Å². The Hall–Kier alpha value is -1.14. The molecule has 1 atom stereocenters. The van der Waals surface area contributed by atoms with E-state index in [1.54, 1.807) is 0 Å². The molecule has 1 heterocycles. The van der Waals surface area contributed by atoms with Crippen molar-refractivity contribution in [2.75, 3.05) is 33.3 Å². The molecule has 0 aromatic heterocycles. The molecule has 1 saturated heterocycles. The van der Waals surface area contributed by atoms with E-state index in [0.29, 0.717) is 25.6 Å². The van der Waals surface area contributed by atoms with Gasteiger partial charge in [-0.1, -0.05) is 12.8 Å². The van der Waals surface area contributed by atoms with Gasteiger partial charge in [-0.15, -0.1) is 0 Å². The molecule has 1 aliphatic carbocycles. The number of hydrogen-bond donors (Lipinski definition) is 2. The van der Waals surface area contributed by atoms with Gasteiger partial charge in [-0.2, -0.15) is 0 Å². The van der Waals surface area contributed by atoms with Crippen LogP contribution in [0.15, 0.2) is 0 Å². The highest BCUT2D eigenvalue weighted by molar-refractivity contribution is 5.84. The minimum atomic E-state index is 0.00119. The average Bonchev–Trinajstić information content (AvgIpc) is 3.00. The van der Waals surface area contributed by atoms with Crippen molar-refractivity contribution in [1.29, 1.82) is 0 Å². The van der Waals surface area contributed by atoms with Crippen LogP contribution in [0, 0.1) is 0 Å². The van der Waals surface area contributed by atoms with Crippen molar-refractivity contribution < 1.29 is 14.7 Å². The SMILES string of the molecule is CN1CCN(C(=O)CCC(=O)NC2CCCC2)C[C@H]1CCO. The highest BCUT2D eigenvalue weighted by Gasteiger charge is 2.27. The summed E-state index contributed by atoms with van der Waals surface area (Å²) in [6.45, 7) is 2.33. The summed E-state index contributed by atoms with van der Waals surface area (Å²) in [6, 6.07) is 0.537. The topological polar surface area (TPSA) is 72.9 Å². The van der Waals surface area contributed by atoms with Crippen molar-refractivity contribution in [3.05, 3.63) is 0 Å². The van der Waals surface area contributed by atoms with Crippen LogP contribution >= 0.6 is 0 Å². The first-order valence-corrected chi connectivity index (χ1v) is 8.48. The molecular weight excluding hydrogens is 282 g/mol. The molecule has 2 aliphatic rings. The Kier molecular flexibility index (Phi) is 6.64. The summed E-state index contributed by atoms with van der Waals surface area (Å²) in [5.41, 5.74) is 0. The lowest BCUT2D eigenvalue weighted by atomic mass is 10.1. The highest BCUT2D eigenvalue weighted by Crippen LogP contribution is 2.18. The molecule has 0 aromatic rings. The minimum Gasteiger partial charge on any atom is -0.396 e. The Morgan fingerprint density at radius 3 is 2.59 bits per heavy atom. The van der Waals surface area contributed by atoms with Crippen molar-refractivity contribution in [3.8, 4) is 0 Å². The average molecular weight is 311 g/mol. The molecule has 0 aromatic carbocycles. The third kappa shape index (κ3) is 4.95. The van der Waals surface area contributed by atoms with Gasteiger partial charge in [-0.25, -0.2) is 0 Å². The number of amides is 2. The van der Waals surface area contributed by atoms with Gasteiger partial charge < -0.3 is 15.3 Å². The van der Waals surface area contributed by atoms with Gasteiger partial charge in [0.05, 0.1) is 0 Å². The Morgan fingerprint density at radius 1 is 1.18 bits per heavy atom. The number of aliphatic hydroxyl groups excluding tert-OH is 1. The first kappa shape index (κ1) is 17.2. The molecule has 2 N–H and O–H groups in total. The Bertz CT molecular complexity index is 383. The number of carbonyl (C=O) groups excluding carboxylic acids is 2. The third-order valence-corrected chi connectivity index (χ3v) is 4.88. The number of nitrogens with one attached hydrogen (secondary N) is 1. The van der Waals surface area contributed by atoms with E-state index in [4.69, 9.17) is 5.11 Å². The molecular formula is C16H29N3O3. The van der Waals surface area contributed by atoms with E-state index in [9.17, 15) is 9.59 Å². The van der Waals surface area contributed by atoms with Gasteiger partial charge >= 0.3 is 0 Å². The Labute approximate surface area is 132 Å². The van der Waals surface area contributed by atoms with Crippen molar-refractivity contribution in [1.82, 2.24) is 15.1 Å². The minimum absolute atomic E-state index is 0.00119. The molecule has 6 nitrogen and oxygen atoms in total. The van der Waals surface area contributed by atoms with Crippen LogP contribution in [0.25, 0.3) is 0 Å². The molecule has 2 rings (SSSR count). The molecule has 2 fully saturated rings. The zero-order chi connectivity index (χ0) is 15.9. The van der Waals surface area contributed by atoms with E-state index in [0.717, 1.165) is 19.4 Å². The van der Waals surface area contributed by atoms with Gasteiger partial charge in [0, 0.05) is 51.2 Å². The lowest BCUT2D eigenvalue weighted by molar-refractivity contribution is -0.136. The largest absolute Gasteiger partial charge is 0.396 e. The standard InChI is InChI=1S/C16H29N3O3/c1-18-9-10-19(12-14(18)8-11-20)16(22)7-6-15(21)17-13-4-2-3-5-13/h13-14,20H,2-12H2,1H3,(H,17,21)/t14-/m1/s1. The van der Waals surface area contributed by atoms with E-state index in [1.807, 2.05) is 11.9 Å². The first-order valence-electron chi connectivity index (χ1n) is 8.48. The number of piperazine rings is 1. The van der Waals surface area contributed by atoms with Crippen LogP contribution in [0.5, 0.6) is 0 Å². The van der Waals surface area contributed by atoms with Gasteiger partial charge in [-0.05, 0) is 26.3 Å². The summed E-state index contributed by atoms with van der Waals surface area (Å²) in [6.07, 6.45) is 5.78. The first-order chi connectivity index (χ1) is 10.6. The smallest absolute Gasteiger partial charge is 0.223 e. The van der Waals surface area contributed by atoms with Crippen molar-refractivity contribution in [2.24, 2.45) is 0 Å². The quantitative estimate of drug-likeness (QED) is 0.742. The van der Waals surface area contributed by atoms with Crippen LogP contribution in [0.3, 0.4) is 0 Å². The van der Waals surface area contributed by atoms with Gasteiger partial charge in [0.15, 0.2) is 0 Å². The van der Waals surface area contributed by atoms with Crippen LogP contribution in [-0.4, -0.2) is 72.1 Å². The fourth-order valence-corrected chi connectivity index (χ4v) is 3.38. The Morgan fingerprint density at radius 2 is 1.91 bits per heavy atom. The summed E-state index contributed by atoms with van der Waals surface area (Å²) >= 11 is 0. The number of nitrogens with zero attached hydrogens (tertiary/aromatic N) is 2. The zero-order valence-corrected chi connectivity index (χ0v) is 13.6. The summed E-state index contributed by atoms with van der Waals surface area (Å²) in [5.74, 6) is 0.0545. The fraction of sp³-hybridized carbons (Fsp3) is 0.875. The van der Waals surface area contributed by atoms with Crippen LogP contribution in [-0.2, 0) is 9.59 Å². The highest BCUT2D eigenvalue weighted by atomic mass is 16.3. The predicted octanol–water partition coefficient (Wildman–Crippen LogP) is 0.350.